The van der Waals surface area contributed by atoms with Gasteiger partial charge in [0, 0.05) is 49.0 Å². The predicted octanol–water partition coefficient (Wildman–Crippen LogP) is 1.19. The third-order valence-electron chi connectivity index (χ3n) is 5.54. The van der Waals surface area contributed by atoms with Crippen molar-refractivity contribution >= 4 is 5.95 Å². The molecule has 0 saturated carbocycles. The minimum Gasteiger partial charge on any atom is -0.396 e. The molecule has 0 aliphatic carbocycles. The number of likely N-dealkylation sites (tertiary alicyclic amines) is 2. The Labute approximate surface area is 138 Å². The molecule has 3 rings (SSSR count). The van der Waals surface area contributed by atoms with Crippen LogP contribution in [0.4, 0.5) is 5.95 Å². The van der Waals surface area contributed by atoms with Crippen LogP contribution in [0, 0.1) is 5.41 Å². The first-order chi connectivity index (χ1) is 11.2. The molecular weight excluding hydrogens is 290 g/mol. The number of aliphatic hydroxyl groups excluding tert-OH is 1. The van der Waals surface area contributed by atoms with Crippen molar-refractivity contribution < 1.29 is 5.11 Å². The molecule has 6 heteroatoms. The summed E-state index contributed by atoms with van der Waals surface area (Å²) in [5.74, 6) is 0.696. The Morgan fingerprint density at radius 3 is 2.78 bits per heavy atom. The van der Waals surface area contributed by atoms with Gasteiger partial charge in [-0.15, -0.1) is 0 Å². The van der Waals surface area contributed by atoms with E-state index >= 15 is 0 Å². The van der Waals surface area contributed by atoms with Gasteiger partial charge in [-0.3, -0.25) is 4.90 Å². The van der Waals surface area contributed by atoms with Crippen LogP contribution in [0.3, 0.4) is 0 Å². The molecule has 0 unspecified atom stereocenters. The summed E-state index contributed by atoms with van der Waals surface area (Å²) in [6.07, 6.45) is 7.28. The number of likely N-dealkylation sites (N-methyl/N-ethyl adjacent to an activating group) is 1. The van der Waals surface area contributed by atoms with Gasteiger partial charge in [-0.2, -0.15) is 0 Å². The molecule has 0 bridgehead atoms. The van der Waals surface area contributed by atoms with Crippen molar-refractivity contribution in [3.63, 3.8) is 0 Å². The van der Waals surface area contributed by atoms with Crippen LogP contribution >= 0.6 is 0 Å². The fourth-order valence-corrected chi connectivity index (χ4v) is 4.16. The van der Waals surface area contributed by atoms with Gasteiger partial charge in [0.25, 0.3) is 0 Å². The fourth-order valence-electron chi connectivity index (χ4n) is 4.16. The van der Waals surface area contributed by atoms with Crippen molar-refractivity contribution in [1.82, 2.24) is 19.8 Å². The molecule has 6 nitrogen and oxygen atoms in total. The van der Waals surface area contributed by atoms with Crippen LogP contribution in [-0.4, -0.2) is 70.7 Å². The maximum absolute atomic E-state index is 9.98. The van der Waals surface area contributed by atoms with Crippen LogP contribution in [0.2, 0.25) is 0 Å². The van der Waals surface area contributed by atoms with Crippen molar-refractivity contribution in [3.05, 3.63) is 18.0 Å². The second kappa shape index (κ2) is 7.11. The van der Waals surface area contributed by atoms with E-state index in [4.69, 9.17) is 0 Å². The predicted molar refractivity (Wildman–Crippen MR) is 91.3 cm³/mol. The molecule has 1 aromatic heterocycles. The van der Waals surface area contributed by atoms with Gasteiger partial charge in [-0.1, -0.05) is 0 Å². The monoisotopic (exact) mass is 319 g/mol. The summed E-state index contributed by atoms with van der Waals surface area (Å²) in [5, 5.41) is 13.1. The molecule has 3 heterocycles. The topological polar surface area (TPSA) is 64.5 Å². The number of anilines is 1. The number of fused-ring (bicyclic) bond motifs is 1. The molecule has 0 aromatic carbocycles. The lowest BCUT2D eigenvalue weighted by atomic mass is 9.69. The molecule has 1 aromatic rings. The molecule has 23 heavy (non-hydrogen) atoms. The number of aliphatic hydroxyl groups is 1. The van der Waals surface area contributed by atoms with E-state index in [-0.39, 0.29) is 5.41 Å². The fraction of sp³-hybridized carbons (Fsp3) is 0.765. The molecule has 2 N–H and O–H groups in total. The van der Waals surface area contributed by atoms with E-state index in [9.17, 15) is 5.11 Å². The van der Waals surface area contributed by atoms with Crippen LogP contribution in [-0.2, 0) is 6.54 Å². The van der Waals surface area contributed by atoms with E-state index in [0.29, 0.717) is 18.6 Å². The van der Waals surface area contributed by atoms with Gasteiger partial charge in [0.05, 0.1) is 6.61 Å². The molecule has 0 radical (unpaired) electrons. The third kappa shape index (κ3) is 3.49. The minimum absolute atomic E-state index is 0.106. The Kier molecular flexibility index (Phi) is 5.14. The van der Waals surface area contributed by atoms with Crippen LogP contribution < -0.4 is 5.32 Å². The zero-order chi connectivity index (χ0) is 16.3. The second-order valence-corrected chi connectivity index (χ2v) is 7.05. The summed E-state index contributed by atoms with van der Waals surface area (Å²) in [6.45, 7) is 7.28. The van der Waals surface area contributed by atoms with E-state index in [1.807, 2.05) is 19.3 Å². The average Bonchev–Trinajstić information content (AvgIpc) is 2.58. The Balaban J connectivity index is 1.64. The summed E-state index contributed by atoms with van der Waals surface area (Å²) in [6, 6.07) is 0.456. The molecule has 2 atom stereocenters. The molecule has 2 saturated heterocycles. The number of nitrogens with zero attached hydrogens (tertiary/aromatic N) is 4. The summed E-state index contributed by atoms with van der Waals surface area (Å²) < 4.78 is 0. The van der Waals surface area contributed by atoms with Crippen molar-refractivity contribution in [2.45, 2.75) is 38.8 Å². The quantitative estimate of drug-likeness (QED) is 0.850. The van der Waals surface area contributed by atoms with E-state index in [0.717, 1.165) is 51.1 Å². The van der Waals surface area contributed by atoms with Gasteiger partial charge < -0.3 is 15.3 Å². The first kappa shape index (κ1) is 16.6. The SMILES string of the molecule is CCNc1ncc(CN2CC[C@@]3(CO)CCCN(C)[C@@H]3C2)cn1. The van der Waals surface area contributed by atoms with Gasteiger partial charge in [-0.25, -0.2) is 9.97 Å². The lowest BCUT2D eigenvalue weighted by Crippen LogP contribution is -2.61. The van der Waals surface area contributed by atoms with E-state index in [2.05, 4.69) is 32.1 Å². The molecule has 2 fully saturated rings. The van der Waals surface area contributed by atoms with Crippen LogP contribution in [0.15, 0.2) is 12.4 Å². The average molecular weight is 319 g/mol. The summed E-state index contributed by atoms with van der Waals surface area (Å²) in [7, 11) is 2.20. The highest BCUT2D eigenvalue weighted by Gasteiger charge is 2.46. The Hall–Kier alpha value is -1.24. The number of piperidine rings is 2. The Morgan fingerprint density at radius 1 is 1.30 bits per heavy atom. The highest BCUT2D eigenvalue weighted by atomic mass is 16.3. The van der Waals surface area contributed by atoms with E-state index < -0.39 is 0 Å². The molecule has 0 spiro atoms. The second-order valence-electron chi connectivity index (χ2n) is 7.05. The maximum atomic E-state index is 9.98. The normalized spacial score (nSPS) is 29.3. The maximum Gasteiger partial charge on any atom is 0.222 e. The first-order valence-corrected chi connectivity index (χ1v) is 8.75. The summed E-state index contributed by atoms with van der Waals surface area (Å²) in [4.78, 5) is 13.6. The van der Waals surface area contributed by atoms with Crippen molar-refractivity contribution in [2.24, 2.45) is 5.41 Å². The van der Waals surface area contributed by atoms with E-state index in [1.54, 1.807) is 0 Å². The van der Waals surface area contributed by atoms with Crippen LogP contribution in [0.5, 0.6) is 0 Å². The lowest BCUT2D eigenvalue weighted by Gasteiger charge is -2.53. The minimum atomic E-state index is 0.106. The van der Waals surface area contributed by atoms with Gasteiger partial charge in [0.15, 0.2) is 0 Å². The summed E-state index contributed by atoms with van der Waals surface area (Å²) >= 11 is 0. The zero-order valence-electron chi connectivity index (χ0n) is 14.3. The largest absolute Gasteiger partial charge is 0.396 e. The van der Waals surface area contributed by atoms with Crippen molar-refractivity contribution in [1.29, 1.82) is 0 Å². The zero-order valence-corrected chi connectivity index (χ0v) is 14.3. The smallest absolute Gasteiger partial charge is 0.222 e. The molecule has 2 aliphatic heterocycles. The highest BCUT2D eigenvalue weighted by Crippen LogP contribution is 2.41. The highest BCUT2D eigenvalue weighted by molar-refractivity contribution is 5.24. The molecule has 0 amide bonds. The Morgan fingerprint density at radius 2 is 2.09 bits per heavy atom. The molecule has 128 valence electrons. The molecule has 2 aliphatic rings. The molecular formula is C17H29N5O. The number of hydrogen-bond donors (Lipinski definition) is 2. The number of rotatable bonds is 5. The number of hydrogen-bond acceptors (Lipinski definition) is 6. The van der Waals surface area contributed by atoms with Gasteiger partial charge >= 0.3 is 0 Å². The lowest BCUT2D eigenvalue weighted by molar-refractivity contribution is -0.0684. The van der Waals surface area contributed by atoms with Gasteiger partial charge in [0.1, 0.15) is 0 Å². The first-order valence-electron chi connectivity index (χ1n) is 8.75. The third-order valence-corrected chi connectivity index (χ3v) is 5.54. The number of nitrogens with one attached hydrogen (secondary N) is 1. The Bertz CT molecular complexity index is 508. The van der Waals surface area contributed by atoms with Crippen molar-refractivity contribution in [2.75, 3.05) is 45.2 Å². The van der Waals surface area contributed by atoms with Crippen molar-refractivity contribution in [3.8, 4) is 0 Å². The van der Waals surface area contributed by atoms with E-state index in [1.165, 1.54) is 6.42 Å². The number of aromatic nitrogens is 2. The standard InChI is InChI=1S/C17H29N5O/c1-3-18-16-19-9-14(10-20-16)11-22-8-6-17(13-23)5-4-7-21(2)15(17)12-22/h9-10,15,23H,3-8,11-13H2,1-2H3,(H,18,19,20)/t15-,17-/m1/s1. The summed E-state index contributed by atoms with van der Waals surface area (Å²) in [5.41, 5.74) is 1.26. The van der Waals surface area contributed by atoms with Gasteiger partial charge in [0.2, 0.25) is 5.95 Å². The van der Waals surface area contributed by atoms with Crippen LogP contribution in [0.1, 0.15) is 31.7 Å². The van der Waals surface area contributed by atoms with Crippen LogP contribution in [0.25, 0.3) is 0 Å². The van der Waals surface area contributed by atoms with Gasteiger partial charge in [-0.05, 0) is 46.3 Å².